The normalized spacial score (nSPS) is 11.9. The molecule has 0 aromatic heterocycles. The molecule has 0 radical (unpaired) electrons. The molecule has 0 unspecified atom stereocenters. The molecular formula is C9H12N4. The molecule has 0 spiro atoms. The third-order valence-corrected chi connectivity index (χ3v) is 1.54. The van der Waals surface area contributed by atoms with Gasteiger partial charge in [-0.15, -0.1) is 5.10 Å². The second-order valence-corrected chi connectivity index (χ2v) is 2.44. The molecule has 0 aliphatic carbocycles. The Kier molecular flexibility index (Phi) is 3.50. The smallest absolute Gasteiger partial charge is 0.108 e. The van der Waals surface area contributed by atoms with Gasteiger partial charge in [0.05, 0.1) is 5.71 Å². The van der Waals surface area contributed by atoms with Gasteiger partial charge in [-0.2, -0.15) is 10.6 Å². The monoisotopic (exact) mass is 176 g/mol. The SMILES string of the molecule is C/C(=N\N/N=C\N)c1ccccc1. The first kappa shape index (κ1) is 9.25. The molecule has 0 heterocycles. The van der Waals surface area contributed by atoms with Crippen molar-refractivity contribution in [1.82, 2.24) is 5.53 Å². The zero-order valence-electron chi connectivity index (χ0n) is 7.44. The second-order valence-electron chi connectivity index (χ2n) is 2.44. The van der Waals surface area contributed by atoms with Crippen LogP contribution in [0.5, 0.6) is 0 Å². The minimum absolute atomic E-state index is 0.867. The summed E-state index contributed by atoms with van der Waals surface area (Å²) in [6.07, 6.45) is 1.15. The predicted octanol–water partition coefficient (Wildman–Crippen LogP) is 0.902. The van der Waals surface area contributed by atoms with Crippen LogP contribution in [0.1, 0.15) is 12.5 Å². The summed E-state index contributed by atoms with van der Waals surface area (Å²) < 4.78 is 0. The van der Waals surface area contributed by atoms with Crippen molar-refractivity contribution in [3.05, 3.63) is 35.9 Å². The third kappa shape index (κ3) is 2.94. The van der Waals surface area contributed by atoms with Gasteiger partial charge in [-0.25, -0.2) is 0 Å². The van der Waals surface area contributed by atoms with Crippen LogP contribution in [0.15, 0.2) is 40.5 Å². The molecule has 0 bridgehead atoms. The van der Waals surface area contributed by atoms with Gasteiger partial charge in [-0.05, 0) is 12.5 Å². The summed E-state index contributed by atoms with van der Waals surface area (Å²) in [4.78, 5) is 0. The fraction of sp³-hybridized carbons (Fsp3) is 0.111. The maximum atomic E-state index is 5.03. The van der Waals surface area contributed by atoms with Gasteiger partial charge in [0.2, 0.25) is 0 Å². The van der Waals surface area contributed by atoms with E-state index in [4.69, 9.17) is 5.73 Å². The van der Waals surface area contributed by atoms with Gasteiger partial charge < -0.3 is 5.73 Å². The first-order chi connectivity index (χ1) is 6.34. The Morgan fingerprint density at radius 1 is 1.38 bits per heavy atom. The standard InChI is InChI=1S/C9H12N4/c1-8(12-13-11-7-10)9-5-3-2-4-6-9/h2-7,13H,1H3,(H2,10,11)/b12-8+. The Bertz CT molecular complexity index is 303. The zero-order chi connectivity index (χ0) is 9.52. The van der Waals surface area contributed by atoms with E-state index in [1.807, 2.05) is 37.3 Å². The molecule has 1 aromatic carbocycles. The molecule has 0 amide bonds. The fourth-order valence-corrected chi connectivity index (χ4v) is 0.881. The van der Waals surface area contributed by atoms with E-state index in [0.717, 1.165) is 17.6 Å². The molecule has 1 aromatic rings. The first-order valence-corrected chi connectivity index (χ1v) is 3.92. The van der Waals surface area contributed by atoms with Crippen LogP contribution in [-0.4, -0.2) is 12.1 Å². The lowest BCUT2D eigenvalue weighted by Crippen LogP contribution is -2.04. The number of hydrazone groups is 2. The summed E-state index contributed by atoms with van der Waals surface area (Å²) in [5.41, 5.74) is 9.42. The highest BCUT2D eigenvalue weighted by Crippen LogP contribution is 1.99. The minimum Gasteiger partial charge on any atom is -0.388 e. The van der Waals surface area contributed by atoms with Crippen LogP contribution in [0, 0.1) is 0 Å². The van der Waals surface area contributed by atoms with E-state index in [0.29, 0.717) is 0 Å². The summed E-state index contributed by atoms with van der Waals surface area (Å²) in [6.45, 7) is 1.90. The minimum atomic E-state index is 0.867. The van der Waals surface area contributed by atoms with Crippen molar-refractivity contribution in [3.63, 3.8) is 0 Å². The second kappa shape index (κ2) is 4.92. The molecule has 4 heteroatoms. The Morgan fingerprint density at radius 2 is 2.08 bits per heavy atom. The quantitative estimate of drug-likeness (QED) is 0.408. The lowest BCUT2D eigenvalue weighted by atomic mass is 10.1. The highest BCUT2D eigenvalue weighted by atomic mass is 15.5. The molecule has 0 saturated carbocycles. The van der Waals surface area contributed by atoms with Gasteiger partial charge in [0.25, 0.3) is 0 Å². The van der Waals surface area contributed by atoms with Crippen molar-refractivity contribution in [2.75, 3.05) is 0 Å². The van der Waals surface area contributed by atoms with Crippen molar-refractivity contribution >= 4 is 12.1 Å². The Morgan fingerprint density at radius 3 is 2.69 bits per heavy atom. The average Bonchev–Trinajstić information content (AvgIpc) is 2.19. The van der Waals surface area contributed by atoms with E-state index in [9.17, 15) is 0 Å². The summed E-state index contributed by atoms with van der Waals surface area (Å²) in [6, 6.07) is 9.84. The van der Waals surface area contributed by atoms with Crippen LogP contribution < -0.4 is 11.3 Å². The first-order valence-electron chi connectivity index (χ1n) is 3.92. The Balaban J connectivity index is 2.67. The number of hydrogen-bond acceptors (Lipinski definition) is 3. The lowest BCUT2D eigenvalue weighted by molar-refractivity contribution is 0.810. The number of nitrogens with two attached hydrogens (primary N) is 1. The summed E-state index contributed by atoms with van der Waals surface area (Å²) in [7, 11) is 0. The van der Waals surface area contributed by atoms with Gasteiger partial charge in [0.1, 0.15) is 6.34 Å². The van der Waals surface area contributed by atoms with Crippen molar-refractivity contribution in [2.45, 2.75) is 6.92 Å². The van der Waals surface area contributed by atoms with E-state index in [-0.39, 0.29) is 0 Å². The third-order valence-electron chi connectivity index (χ3n) is 1.54. The highest BCUT2D eigenvalue weighted by molar-refractivity contribution is 5.98. The summed E-state index contributed by atoms with van der Waals surface area (Å²) in [5, 5.41) is 7.53. The van der Waals surface area contributed by atoms with E-state index < -0.39 is 0 Å². The van der Waals surface area contributed by atoms with Crippen molar-refractivity contribution in [2.24, 2.45) is 15.9 Å². The molecule has 0 aliphatic heterocycles. The number of hydrogen-bond donors (Lipinski definition) is 2. The molecule has 0 aliphatic rings. The van der Waals surface area contributed by atoms with E-state index >= 15 is 0 Å². The van der Waals surface area contributed by atoms with E-state index in [2.05, 4.69) is 15.7 Å². The average molecular weight is 176 g/mol. The lowest BCUT2D eigenvalue weighted by Gasteiger charge is -1.98. The van der Waals surface area contributed by atoms with Crippen LogP contribution in [0.3, 0.4) is 0 Å². The molecule has 1 rings (SSSR count). The molecule has 3 N–H and O–H groups in total. The summed E-state index contributed by atoms with van der Waals surface area (Å²) in [5.74, 6) is 0. The molecule has 68 valence electrons. The predicted molar refractivity (Wildman–Crippen MR) is 54.5 cm³/mol. The molecule has 0 saturated heterocycles. The van der Waals surface area contributed by atoms with E-state index in [1.54, 1.807) is 0 Å². The number of rotatable bonds is 3. The summed E-state index contributed by atoms with van der Waals surface area (Å²) >= 11 is 0. The van der Waals surface area contributed by atoms with Crippen LogP contribution in [0.2, 0.25) is 0 Å². The van der Waals surface area contributed by atoms with Crippen LogP contribution >= 0.6 is 0 Å². The van der Waals surface area contributed by atoms with Crippen molar-refractivity contribution in [1.29, 1.82) is 0 Å². The number of nitrogens with one attached hydrogen (secondary N) is 1. The zero-order valence-corrected chi connectivity index (χ0v) is 7.44. The van der Waals surface area contributed by atoms with Gasteiger partial charge >= 0.3 is 0 Å². The Hall–Kier alpha value is -1.84. The highest BCUT2D eigenvalue weighted by Gasteiger charge is 1.93. The Labute approximate surface area is 77.1 Å². The molecule has 0 atom stereocenters. The van der Waals surface area contributed by atoms with Gasteiger partial charge in [0.15, 0.2) is 0 Å². The van der Waals surface area contributed by atoms with Crippen molar-refractivity contribution < 1.29 is 0 Å². The van der Waals surface area contributed by atoms with E-state index in [1.165, 1.54) is 0 Å². The molecule has 13 heavy (non-hydrogen) atoms. The van der Waals surface area contributed by atoms with Crippen LogP contribution in [0.4, 0.5) is 0 Å². The van der Waals surface area contributed by atoms with Crippen molar-refractivity contribution in [3.8, 4) is 0 Å². The topological polar surface area (TPSA) is 62.8 Å². The molecule has 0 fully saturated rings. The number of benzene rings is 1. The maximum absolute atomic E-state index is 5.03. The van der Waals surface area contributed by atoms with Gasteiger partial charge in [-0.3, -0.25) is 0 Å². The maximum Gasteiger partial charge on any atom is 0.108 e. The number of nitrogens with zero attached hydrogens (tertiary/aromatic N) is 2. The fourth-order valence-electron chi connectivity index (χ4n) is 0.881. The largest absolute Gasteiger partial charge is 0.388 e. The molecule has 4 nitrogen and oxygen atoms in total. The molecular weight excluding hydrogens is 164 g/mol. The van der Waals surface area contributed by atoms with Crippen LogP contribution in [0.25, 0.3) is 0 Å². The van der Waals surface area contributed by atoms with Gasteiger partial charge in [-0.1, -0.05) is 30.3 Å². The van der Waals surface area contributed by atoms with Gasteiger partial charge in [0, 0.05) is 0 Å². The van der Waals surface area contributed by atoms with Crippen LogP contribution in [-0.2, 0) is 0 Å².